The number of aliphatic hydroxyl groups is 1. The van der Waals surface area contributed by atoms with Crippen molar-refractivity contribution in [1.29, 1.82) is 0 Å². The Bertz CT molecular complexity index is 1570. The van der Waals surface area contributed by atoms with E-state index in [0.717, 1.165) is 22.0 Å². The number of hydrogen-bond acceptors (Lipinski definition) is 7. The van der Waals surface area contributed by atoms with Gasteiger partial charge >= 0.3 is 5.63 Å². The lowest BCUT2D eigenvalue weighted by Crippen LogP contribution is -2.48. The third-order valence-corrected chi connectivity index (χ3v) is 6.40. The molecular formula is C25H22FN5O3. The maximum Gasteiger partial charge on any atom is 0.364 e. The zero-order valence-electron chi connectivity index (χ0n) is 18.2. The Morgan fingerprint density at radius 2 is 1.91 bits per heavy atom. The number of aromatic nitrogens is 3. The minimum absolute atomic E-state index is 0.187. The third kappa shape index (κ3) is 3.59. The summed E-state index contributed by atoms with van der Waals surface area (Å²) in [5.41, 5.74) is 0.700. The molecule has 1 aliphatic heterocycles. The molecule has 1 aliphatic rings. The Kier molecular flexibility index (Phi) is 5.00. The lowest BCUT2D eigenvalue weighted by atomic mass is 10.1. The van der Waals surface area contributed by atoms with E-state index in [4.69, 9.17) is 4.42 Å². The Morgan fingerprint density at radius 3 is 2.76 bits per heavy atom. The summed E-state index contributed by atoms with van der Waals surface area (Å²) in [6.45, 7) is 3.17. The van der Waals surface area contributed by atoms with Crippen molar-refractivity contribution in [2.24, 2.45) is 0 Å². The molecule has 5 aromatic rings. The number of halogens is 1. The summed E-state index contributed by atoms with van der Waals surface area (Å²) in [5, 5.41) is 13.3. The van der Waals surface area contributed by atoms with Crippen molar-refractivity contribution in [3.05, 3.63) is 76.8 Å². The van der Waals surface area contributed by atoms with Gasteiger partial charge in [0.25, 0.3) is 0 Å². The summed E-state index contributed by atoms with van der Waals surface area (Å²) in [4.78, 5) is 28.6. The Morgan fingerprint density at radius 1 is 1.09 bits per heavy atom. The van der Waals surface area contributed by atoms with Crippen LogP contribution in [0.15, 0.2) is 63.9 Å². The zero-order chi connectivity index (χ0) is 23.2. The maximum atomic E-state index is 13.8. The number of fused-ring (bicyclic) bond motifs is 4. The predicted octanol–water partition coefficient (Wildman–Crippen LogP) is 3.21. The molecule has 172 valence electrons. The van der Waals surface area contributed by atoms with Crippen LogP contribution in [0.2, 0.25) is 0 Å². The normalized spacial score (nSPS) is 16.0. The summed E-state index contributed by atoms with van der Waals surface area (Å²) >= 11 is 0. The van der Waals surface area contributed by atoms with E-state index in [9.17, 15) is 14.3 Å². The van der Waals surface area contributed by atoms with Crippen molar-refractivity contribution < 1.29 is 13.9 Å². The van der Waals surface area contributed by atoms with E-state index < -0.39 is 11.7 Å². The Labute approximate surface area is 193 Å². The van der Waals surface area contributed by atoms with Gasteiger partial charge in [-0.2, -0.15) is 0 Å². The van der Waals surface area contributed by atoms with Crippen molar-refractivity contribution in [2.45, 2.75) is 6.10 Å². The zero-order valence-corrected chi connectivity index (χ0v) is 18.2. The molecule has 1 unspecified atom stereocenters. The fraction of sp³-hybridized carbons (Fsp3) is 0.240. The topological polar surface area (TPSA) is 98.5 Å². The van der Waals surface area contributed by atoms with Crippen LogP contribution in [0.3, 0.4) is 0 Å². The molecule has 0 amide bonds. The van der Waals surface area contributed by atoms with E-state index in [1.807, 2.05) is 18.2 Å². The van der Waals surface area contributed by atoms with E-state index in [1.54, 1.807) is 24.4 Å². The van der Waals surface area contributed by atoms with Crippen LogP contribution in [-0.4, -0.2) is 57.7 Å². The number of β-amino-alcohol motifs (C(OH)–C–C–N with tert-alkyl or cyclic N) is 1. The van der Waals surface area contributed by atoms with Gasteiger partial charge in [0.2, 0.25) is 0 Å². The molecule has 6 rings (SSSR count). The molecule has 34 heavy (non-hydrogen) atoms. The van der Waals surface area contributed by atoms with Gasteiger partial charge in [-0.15, -0.1) is 0 Å². The molecule has 8 nitrogen and oxygen atoms in total. The number of nitrogens with zero attached hydrogens (tertiary/aromatic N) is 4. The molecule has 1 atom stereocenters. The van der Waals surface area contributed by atoms with Crippen LogP contribution in [0.25, 0.3) is 32.8 Å². The predicted molar refractivity (Wildman–Crippen MR) is 127 cm³/mol. The number of anilines is 1. The lowest BCUT2D eigenvalue weighted by Gasteiger charge is -2.36. The van der Waals surface area contributed by atoms with Gasteiger partial charge in [0.1, 0.15) is 29.1 Å². The standard InChI is InChI=1S/C25H22FN5O3/c26-16-6-5-15-7-8-27-24(18(15)13-16)31-11-9-30(10-12-31)14-19(32)23-28-21-17-3-1-2-4-20(17)34-25(33)22(21)29-23/h1-8,13,19,32H,9-12,14H2,(H,28,29). The average Bonchev–Trinajstić information content (AvgIpc) is 3.31. The Balaban J connectivity index is 1.19. The van der Waals surface area contributed by atoms with Gasteiger partial charge < -0.3 is 19.4 Å². The summed E-state index contributed by atoms with van der Waals surface area (Å²) in [5.74, 6) is 0.830. The minimum atomic E-state index is -0.887. The van der Waals surface area contributed by atoms with Crippen molar-refractivity contribution in [2.75, 3.05) is 37.6 Å². The number of benzene rings is 2. The molecule has 2 aromatic carbocycles. The molecule has 0 spiro atoms. The molecule has 1 saturated heterocycles. The summed E-state index contributed by atoms with van der Waals surface area (Å²) in [6.07, 6.45) is 0.856. The van der Waals surface area contributed by atoms with E-state index in [0.29, 0.717) is 49.6 Å². The van der Waals surface area contributed by atoms with Crippen molar-refractivity contribution >= 4 is 38.6 Å². The molecule has 3 aromatic heterocycles. The molecule has 0 saturated carbocycles. The SMILES string of the molecule is O=c1oc2ccccc2c2[nH]c(C(O)CN3CCN(c4nccc5ccc(F)cc45)CC3)nc12. The quantitative estimate of drug-likeness (QED) is 0.398. The van der Waals surface area contributed by atoms with Crippen LogP contribution >= 0.6 is 0 Å². The van der Waals surface area contributed by atoms with Crippen LogP contribution in [0.4, 0.5) is 10.2 Å². The van der Waals surface area contributed by atoms with Gasteiger partial charge in [-0.1, -0.05) is 18.2 Å². The number of aromatic amines is 1. The first-order valence-corrected chi connectivity index (χ1v) is 11.2. The fourth-order valence-electron chi connectivity index (χ4n) is 4.65. The highest BCUT2D eigenvalue weighted by molar-refractivity contribution is 6.00. The first kappa shape index (κ1) is 20.8. The fourth-order valence-corrected chi connectivity index (χ4v) is 4.65. The van der Waals surface area contributed by atoms with Crippen molar-refractivity contribution in [1.82, 2.24) is 19.9 Å². The van der Waals surface area contributed by atoms with Crippen LogP contribution in [0.5, 0.6) is 0 Å². The van der Waals surface area contributed by atoms with Crippen molar-refractivity contribution in [3.8, 4) is 0 Å². The highest BCUT2D eigenvalue weighted by Crippen LogP contribution is 2.27. The highest BCUT2D eigenvalue weighted by atomic mass is 19.1. The molecule has 9 heteroatoms. The number of aliphatic hydroxyl groups excluding tert-OH is 1. The van der Waals surface area contributed by atoms with Gasteiger partial charge in [-0.05, 0) is 35.7 Å². The lowest BCUT2D eigenvalue weighted by molar-refractivity contribution is 0.103. The van der Waals surface area contributed by atoms with E-state index in [2.05, 4.69) is 24.8 Å². The van der Waals surface area contributed by atoms with Crippen LogP contribution in [0.1, 0.15) is 11.9 Å². The van der Waals surface area contributed by atoms with Gasteiger partial charge in [0.05, 0.1) is 5.52 Å². The molecule has 4 heterocycles. The second kappa shape index (κ2) is 8.19. The van der Waals surface area contributed by atoms with Crippen LogP contribution < -0.4 is 10.5 Å². The molecule has 2 N–H and O–H groups in total. The number of para-hydroxylation sites is 1. The maximum absolute atomic E-state index is 13.8. The average molecular weight is 459 g/mol. The van der Waals surface area contributed by atoms with Gasteiger partial charge in [-0.25, -0.2) is 19.2 Å². The summed E-state index contributed by atoms with van der Waals surface area (Å²) < 4.78 is 19.2. The van der Waals surface area contributed by atoms with E-state index in [1.165, 1.54) is 12.1 Å². The number of imidazole rings is 1. The number of pyridine rings is 1. The van der Waals surface area contributed by atoms with E-state index in [-0.39, 0.29) is 11.3 Å². The largest absolute Gasteiger partial charge is 0.421 e. The Hall–Kier alpha value is -3.82. The smallest absolute Gasteiger partial charge is 0.364 e. The molecule has 0 radical (unpaired) electrons. The van der Waals surface area contributed by atoms with Crippen molar-refractivity contribution in [3.63, 3.8) is 0 Å². The number of piperazine rings is 1. The van der Waals surface area contributed by atoms with Gasteiger partial charge in [-0.3, -0.25) is 4.90 Å². The second-order valence-corrected chi connectivity index (χ2v) is 8.53. The molecule has 0 aliphatic carbocycles. The molecule has 1 fully saturated rings. The van der Waals surface area contributed by atoms with Crippen LogP contribution in [-0.2, 0) is 0 Å². The molecular weight excluding hydrogens is 437 g/mol. The van der Waals surface area contributed by atoms with Crippen LogP contribution in [0, 0.1) is 5.82 Å². The number of H-pyrrole nitrogens is 1. The summed E-state index contributed by atoms with van der Waals surface area (Å²) in [7, 11) is 0. The first-order chi connectivity index (χ1) is 16.6. The molecule has 0 bridgehead atoms. The first-order valence-electron chi connectivity index (χ1n) is 11.2. The third-order valence-electron chi connectivity index (χ3n) is 6.40. The monoisotopic (exact) mass is 459 g/mol. The van der Waals surface area contributed by atoms with Gasteiger partial charge in [0, 0.05) is 49.7 Å². The number of rotatable bonds is 4. The number of nitrogens with one attached hydrogen (secondary N) is 1. The summed E-state index contributed by atoms with van der Waals surface area (Å²) in [6, 6.07) is 13.9. The second-order valence-electron chi connectivity index (χ2n) is 8.53. The minimum Gasteiger partial charge on any atom is -0.421 e. The number of hydrogen-bond donors (Lipinski definition) is 2. The van der Waals surface area contributed by atoms with Gasteiger partial charge in [0.15, 0.2) is 5.52 Å². The highest BCUT2D eigenvalue weighted by Gasteiger charge is 2.24. The van der Waals surface area contributed by atoms with E-state index >= 15 is 0 Å².